The van der Waals surface area contributed by atoms with Crippen molar-refractivity contribution in [1.82, 2.24) is 14.6 Å². The van der Waals surface area contributed by atoms with Crippen LogP contribution in [0.2, 0.25) is 0 Å². The molecule has 1 atom stereocenters. The zero-order valence-corrected chi connectivity index (χ0v) is 14.1. The zero-order chi connectivity index (χ0) is 17.6. The van der Waals surface area contributed by atoms with Crippen LogP contribution in [-0.4, -0.2) is 35.2 Å². The van der Waals surface area contributed by atoms with Crippen LogP contribution in [0.4, 0.5) is 11.4 Å². The summed E-state index contributed by atoms with van der Waals surface area (Å²) in [7, 11) is -3.39. The van der Waals surface area contributed by atoms with E-state index in [0.717, 1.165) is 17.4 Å². The van der Waals surface area contributed by atoms with Crippen molar-refractivity contribution in [2.75, 3.05) is 16.3 Å². The highest BCUT2D eigenvalue weighted by molar-refractivity contribution is 7.92. The number of amides is 1. The molecule has 0 radical (unpaired) electrons. The van der Waals surface area contributed by atoms with Gasteiger partial charge in [0.05, 0.1) is 18.1 Å². The smallest absolute Gasteiger partial charge is 0.229 e. The number of carbonyl (C=O) groups is 1. The first-order valence-corrected chi connectivity index (χ1v) is 9.50. The van der Waals surface area contributed by atoms with Gasteiger partial charge in [-0.1, -0.05) is 6.07 Å². The molecule has 25 heavy (non-hydrogen) atoms. The normalized spacial score (nSPS) is 17.2. The third-order valence-electron chi connectivity index (χ3n) is 4.08. The summed E-state index contributed by atoms with van der Waals surface area (Å²) < 4.78 is 26.9. The minimum Gasteiger partial charge on any atom is -0.326 e. The van der Waals surface area contributed by atoms with E-state index in [1.54, 1.807) is 41.3 Å². The molecule has 0 unspecified atom stereocenters. The number of sulfonamides is 1. The predicted octanol–water partition coefficient (Wildman–Crippen LogP) is 1.57. The summed E-state index contributed by atoms with van der Waals surface area (Å²) >= 11 is 0. The van der Waals surface area contributed by atoms with Gasteiger partial charge in [0.2, 0.25) is 15.9 Å². The molecule has 0 fully saturated rings. The lowest BCUT2D eigenvalue weighted by Gasteiger charge is -2.25. The van der Waals surface area contributed by atoms with Gasteiger partial charge in [0.25, 0.3) is 0 Å². The molecular formula is C16H15N5O3S. The van der Waals surface area contributed by atoms with E-state index in [2.05, 4.69) is 20.1 Å². The number of benzene rings is 1. The summed E-state index contributed by atoms with van der Waals surface area (Å²) in [6.07, 6.45) is 6.57. The number of hydrogen-bond donors (Lipinski definition) is 2. The molecule has 0 saturated heterocycles. The van der Waals surface area contributed by atoms with Gasteiger partial charge < -0.3 is 5.32 Å². The second-order valence-electron chi connectivity index (χ2n) is 5.97. The first kappa shape index (κ1) is 15.6. The number of fused-ring (bicyclic) bond motifs is 2. The Kier molecular flexibility index (Phi) is 3.46. The largest absolute Gasteiger partial charge is 0.326 e. The van der Waals surface area contributed by atoms with Gasteiger partial charge in [0.15, 0.2) is 5.65 Å². The fraction of sp³-hybridized carbons (Fsp3) is 0.188. The van der Waals surface area contributed by atoms with Crippen LogP contribution in [0, 0.1) is 0 Å². The van der Waals surface area contributed by atoms with Crippen molar-refractivity contribution in [3.05, 3.63) is 54.0 Å². The summed E-state index contributed by atoms with van der Waals surface area (Å²) in [4.78, 5) is 16.5. The summed E-state index contributed by atoms with van der Waals surface area (Å²) in [5, 5.41) is 7.09. The number of hydrogen-bond acceptors (Lipinski definition) is 5. The SMILES string of the molecule is CS(=O)(=O)Nc1ccc2c(c1)NC(=O)C[C@@H]2c1cnn2cccnc12. The number of aromatic nitrogens is 3. The van der Waals surface area contributed by atoms with Crippen LogP contribution in [0.1, 0.15) is 23.5 Å². The third-order valence-corrected chi connectivity index (χ3v) is 4.68. The Morgan fingerprint density at radius 2 is 2.16 bits per heavy atom. The van der Waals surface area contributed by atoms with E-state index in [1.807, 2.05) is 6.07 Å². The number of anilines is 2. The summed E-state index contributed by atoms with van der Waals surface area (Å²) in [5.74, 6) is -0.326. The Morgan fingerprint density at radius 1 is 1.32 bits per heavy atom. The predicted molar refractivity (Wildman–Crippen MR) is 93.0 cm³/mol. The average molecular weight is 357 g/mol. The van der Waals surface area contributed by atoms with Crippen molar-refractivity contribution >= 4 is 33.0 Å². The molecule has 128 valence electrons. The van der Waals surface area contributed by atoms with Crippen LogP contribution in [0.5, 0.6) is 0 Å². The lowest BCUT2D eigenvalue weighted by Crippen LogP contribution is -2.24. The maximum atomic E-state index is 12.2. The summed E-state index contributed by atoms with van der Waals surface area (Å²) in [6.45, 7) is 0. The third kappa shape index (κ3) is 2.93. The highest BCUT2D eigenvalue weighted by Gasteiger charge is 2.29. The molecule has 0 spiro atoms. The number of nitrogens with zero attached hydrogens (tertiary/aromatic N) is 3. The van der Waals surface area contributed by atoms with Crippen molar-refractivity contribution in [2.24, 2.45) is 0 Å². The van der Waals surface area contributed by atoms with Gasteiger partial charge in [-0.05, 0) is 23.8 Å². The second kappa shape index (κ2) is 5.55. The monoisotopic (exact) mass is 357 g/mol. The number of carbonyl (C=O) groups excluding carboxylic acids is 1. The molecule has 3 heterocycles. The second-order valence-corrected chi connectivity index (χ2v) is 7.72. The molecule has 1 aliphatic rings. The van der Waals surface area contributed by atoms with E-state index in [1.165, 1.54) is 0 Å². The minimum absolute atomic E-state index is 0.135. The average Bonchev–Trinajstić information content (AvgIpc) is 2.96. The van der Waals surface area contributed by atoms with Gasteiger partial charge in [-0.15, -0.1) is 0 Å². The zero-order valence-electron chi connectivity index (χ0n) is 13.3. The van der Waals surface area contributed by atoms with Gasteiger partial charge in [0.1, 0.15) is 0 Å². The van der Waals surface area contributed by atoms with Crippen molar-refractivity contribution in [2.45, 2.75) is 12.3 Å². The minimum atomic E-state index is -3.39. The fourth-order valence-corrected chi connectivity index (χ4v) is 3.67. The topological polar surface area (TPSA) is 105 Å². The summed E-state index contributed by atoms with van der Waals surface area (Å²) in [6, 6.07) is 6.91. The van der Waals surface area contributed by atoms with Gasteiger partial charge in [-0.2, -0.15) is 5.10 Å². The molecule has 3 aromatic rings. The van der Waals surface area contributed by atoms with Gasteiger partial charge in [-0.3, -0.25) is 9.52 Å². The lowest BCUT2D eigenvalue weighted by atomic mass is 9.86. The van der Waals surface area contributed by atoms with Gasteiger partial charge in [0, 0.05) is 36.0 Å². The Hall–Kier alpha value is -2.94. The molecule has 1 amide bonds. The Bertz CT molecular complexity index is 1090. The molecule has 2 aromatic heterocycles. The van der Waals surface area contributed by atoms with E-state index in [-0.39, 0.29) is 18.2 Å². The molecule has 0 bridgehead atoms. The van der Waals surface area contributed by atoms with Gasteiger partial charge in [-0.25, -0.2) is 17.9 Å². The van der Waals surface area contributed by atoms with Crippen LogP contribution in [0.3, 0.4) is 0 Å². The Balaban J connectivity index is 1.81. The van der Waals surface area contributed by atoms with Crippen LogP contribution in [0.15, 0.2) is 42.9 Å². The van der Waals surface area contributed by atoms with Crippen molar-refractivity contribution < 1.29 is 13.2 Å². The van der Waals surface area contributed by atoms with Crippen LogP contribution in [0.25, 0.3) is 5.65 Å². The Labute approximate surface area is 143 Å². The molecule has 1 aliphatic heterocycles. The van der Waals surface area contributed by atoms with Crippen molar-refractivity contribution in [3.63, 3.8) is 0 Å². The van der Waals surface area contributed by atoms with Crippen LogP contribution < -0.4 is 10.0 Å². The molecular weight excluding hydrogens is 342 g/mol. The van der Waals surface area contributed by atoms with Crippen LogP contribution in [-0.2, 0) is 14.8 Å². The fourth-order valence-electron chi connectivity index (χ4n) is 3.11. The standard InChI is InChI=1S/C16H15N5O3S/c1-25(23,24)20-10-3-4-11-12(8-15(22)19-14(11)7-10)13-9-18-21-6-2-5-17-16(13)21/h2-7,9,12,20H,8H2,1H3,(H,19,22)/t12-/m0/s1. The number of rotatable bonds is 3. The molecule has 9 heteroatoms. The number of nitrogens with one attached hydrogen (secondary N) is 2. The van der Waals surface area contributed by atoms with E-state index >= 15 is 0 Å². The molecule has 1 aromatic carbocycles. The first-order chi connectivity index (χ1) is 11.9. The van der Waals surface area contributed by atoms with Gasteiger partial charge >= 0.3 is 0 Å². The molecule has 8 nitrogen and oxygen atoms in total. The van der Waals surface area contributed by atoms with E-state index < -0.39 is 10.0 Å². The van der Waals surface area contributed by atoms with E-state index in [4.69, 9.17) is 0 Å². The van der Waals surface area contributed by atoms with E-state index in [0.29, 0.717) is 17.0 Å². The maximum absolute atomic E-state index is 12.2. The highest BCUT2D eigenvalue weighted by atomic mass is 32.2. The van der Waals surface area contributed by atoms with Crippen LogP contribution >= 0.6 is 0 Å². The quantitative estimate of drug-likeness (QED) is 0.740. The van der Waals surface area contributed by atoms with Crippen molar-refractivity contribution in [1.29, 1.82) is 0 Å². The van der Waals surface area contributed by atoms with Crippen molar-refractivity contribution in [3.8, 4) is 0 Å². The highest BCUT2D eigenvalue weighted by Crippen LogP contribution is 2.39. The molecule has 0 saturated carbocycles. The lowest BCUT2D eigenvalue weighted by molar-refractivity contribution is -0.116. The summed E-state index contributed by atoms with van der Waals surface area (Å²) in [5.41, 5.74) is 3.46. The molecule has 4 rings (SSSR count). The maximum Gasteiger partial charge on any atom is 0.229 e. The van der Waals surface area contributed by atoms with E-state index in [9.17, 15) is 13.2 Å². The Morgan fingerprint density at radius 3 is 2.96 bits per heavy atom. The molecule has 0 aliphatic carbocycles. The molecule has 2 N–H and O–H groups in total. The first-order valence-electron chi connectivity index (χ1n) is 7.60.